The fraction of sp³-hybridized carbons (Fsp3) is 0.435. The van der Waals surface area contributed by atoms with Crippen LogP contribution < -0.4 is 4.90 Å². The van der Waals surface area contributed by atoms with Crippen molar-refractivity contribution in [2.24, 2.45) is 0 Å². The summed E-state index contributed by atoms with van der Waals surface area (Å²) in [7, 11) is 0. The Labute approximate surface area is 180 Å². The first-order valence-corrected chi connectivity index (χ1v) is 11.2. The van der Waals surface area contributed by atoms with Crippen LogP contribution in [-0.2, 0) is 16.1 Å². The molecule has 1 aliphatic rings. The monoisotopic (exact) mass is 429 g/mol. The summed E-state index contributed by atoms with van der Waals surface area (Å²) in [5.74, 6) is -0.750. The lowest BCUT2D eigenvalue weighted by Crippen LogP contribution is -2.36. The van der Waals surface area contributed by atoms with Gasteiger partial charge in [-0.05, 0) is 49.2 Å². The number of unbranched alkanes of at least 4 members (excludes halogenated alkanes) is 2. The van der Waals surface area contributed by atoms with Gasteiger partial charge in [0.15, 0.2) is 5.78 Å². The van der Waals surface area contributed by atoms with Gasteiger partial charge in [0.25, 0.3) is 0 Å². The van der Waals surface area contributed by atoms with E-state index in [9.17, 15) is 14.4 Å². The minimum absolute atomic E-state index is 0.0508. The van der Waals surface area contributed by atoms with Crippen LogP contribution in [0.3, 0.4) is 0 Å². The van der Waals surface area contributed by atoms with Crippen LogP contribution in [0.2, 0.25) is 0 Å². The number of ether oxygens (including phenoxy) is 1. The number of nitrogens with zero attached hydrogens (tertiary/aromatic N) is 1. The fourth-order valence-electron chi connectivity index (χ4n) is 3.61. The number of hydrogen-bond donors (Lipinski definition) is 1. The highest BCUT2D eigenvalue weighted by molar-refractivity contribution is 7.13. The van der Waals surface area contributed by atoms with E-state index >= 15 is 0 Å². The predicted molar refractivity (Wildman–Crippen MR) is 116 cm³/mol. The van der Waals surface area contributed by atoms with Crippen LogP contribution >= 0.6 is 11.3 Å². The molecule has 1 aromatic carbocycles. The van der Waals surface area contributed by atoms with Gasteiger partial charge < -0.3 is 14.7 Å². The number of benzene rings is 1. The molecule has 0 saturated carbocycles. The smallest absolute Gasteiger partial charge is 0.345 e. The number of rotatable bonds is 11. The first-order valence-electron chi connectivity index (χ1n) is 10.3. The van der Waals surface area contributed by atoms with E-state index in [2.05, 4.69) is 6.92 Å². The SMILES string of the molecule is CCCCCC(=O)c1ccc(N2C(=O)CC[C@H]2COCc2ccc(C(=O)O)s2)cc1. The summed E-state index contributed by atoms with van der Waals surface area (Å²) < 4.78 is 5.78. The van der Waals surface area contributed by atoms with E-state index in [0.29, 0.717) is 38.0 Å². The largest absolute Gasteiger partial charge is 0.477 e. The van der Waals surface area contributed by atoms with E-state index in [1.54, 1.807) is 29.2 Å². The van der Waals surface area contributed by atoms with Gasteiger partial charge in [0.05, 0.1) is 19.3 Å². The molecule has 6 nitrogen and oxygen atoms in total. The summed E-state index contributed by atoms with van der Waals surface area (Å²) in [6, 6.07) is 10.5. The Morgan fingerprint density at radius 3 is 2.60 bits per heavy atom. The number of anilines is 1. The molecule has 3 rings (SSSR count). The van der Waals surface area contributed by atoms with Crippen LogP contribution in [0.15, 0.2) is 36.4 Å². The third kappa shape index (κ3) is 5.55. The van der Waals surface area contributed by atoms with Crippen molar-refractivity contribution < 1.29 is 24.2 Å². The highest BCUT2D eigenvalue weighted by Gasteiger charge is 2.32. The van der Waals surface area contributed by atoms with Gasteiger partial charge in [-0.1, -0.05) is 19.8 Å². The number of amides is 1. The van der Waals surface area contributed by atoms with Crippen molar-refractivity contribution in [1.82, 2.24) is 0 Å². The van der Waals surface area contributed by atoms with Crippen molar-refractivity contribution in [3.63, 3.8) is 0 Å². The summed E-state index contributed by atoms with van der Waals surface area (Å²) in [6.07, 6.45) is 4.77. The van der Waals surface area contributed by atoms with Gasteiger partial charge in [-0.15, -0.1) is 11.3 Å². The lowest BCUT2D eigenvalue weighted by atomic mass is 10.0. The van der Waals surface area contributed by atoms with Crippen LogP contribution in [0.25, 0.3) is 0 Å². The Hall–Kier alpha value is -2.51. The zero-order valence-corrected chi connectivity index (χ0v) is 18.0. The van der Waals surface area contributed by atoms with Crippen molar-refractivity contribution in [3.8, 4) is 0 Å². The molecule has 160 valence electrons. The van der Waals surface area contributed by atoms with Gasteiger partial charge in [0.1, 0.15) is 4.88 Å². The van der Waals surface area contributed by atoms with E-state index in [4.69, 9.17) is 9.84 Å². The highest BCUT2D eigenvalue weighted by Crippen LogP contribution is 2.28. The van der Waals surface area contributed by atoms with Gasteiger partial charge >= 0.3 is 5.97 Å². The zero-order valence-electron chi connectivity index (χ0n) is 17.1. The second-order valence-corrected chi connectivity index (χ2v) is 8.64. The van der Waals surface area contributed by atoms with E-state index in [1.807, 2.05) is 12.1 Å². The number of hydrogen-bond acceptors (Lipinski definition) is 5. The maximum absolute atomic E-state index is 12.4. The maximum atomic E-state index is 12.4. The van der Waals surface area contributed by atoms with Crippen molar-refractivity contribution in [2.45, 2.75) is 58.1 Å². The number of thiophene rings is 1. The van der Waals surface area contributed by atoms with Crippen LogP contribution in [0.5, 0.6) is 0 Å². The molecule has 1 aliphatic heterocycles. The Bertz CT molecular complexity index is 889. The third-order valence-corrected chi connectivity index (χ3v) is 6.27. The minimum Gasteiger partial charge on any atom is -0.477 e. The Morgan fingerprint density at radius 1 is 1.17 bits per heavy atom. The number of aromatic carboxylic acids is 1. The van der Waals surface area contributed by atoms with Crippen LogP contribution in [0, 0.1) is 0 Å². The van der Waals surface area contributed by atoms with Gasteiger partial charge in [-0.2, -0.15) is 0 Å². The van der Waals surface area contributed by atoms with Crippen molar-refractivity contribution in [1.29, 1.82) is 0 Å². The molecule has 0 bridgehead atoms. The highest BCUT2D eigenvalue weighted by atomic mass is 32.1. The molecule has 7 heteroatoms. The summed E-state index contributed by atoms with van der Waals surface area (Å²) in [5, 5.41) is 9.00. The molecule has 1 atom stereocenters. The molecule has 0 aliphatic carbocycles. The maximum Gasteiger partial charge on any atom is 0.345 e. The topological polar surface area (TPSA) is 83.9 Å². The number of carboxylic acids is 1. The summed E-state index contributed by atoms with van der Waals surface area (Å²) in [5.41, 5.74) is 1.46. The molecular weight excluding hydrogens is 402 g/mol. The number of ketones is 1. The Kier molecular flexibility index (Phi) is 7.76. The van der Waals surface area contributed by atoms with Crippen molar-refractivity contribution in [3.05, 3.63) is 51.7 Å². The molecule has 0 spiro atoms. The molecule has 0 unspecified atom stereocenters. The van der Waals surface area contributed by atoms with Crippen molar-refractivity contribution >= 4 is 34.7 Å². The predicted octanol–water partition coefficient (Wildman–Crippen LogP) is 4.92. The number of Topliss-reactive ketones (excluding diaryl/α,β-unsaturated/α-hetero) is 1. The Balaban J connectivity index is 1.57. The molecule has 1 aromatic heterocycles. The molecule has 30 heavy (non-hydrogen) atoms. The van der Waals surface area contributed by atoms with Gasteiger partial charge in [0, 0.05) is 29.0 Å². The fourth-order valence-corrected chi connectivity index (χ4v) is 4.39. The summed E-state index contributed by atoms with van der Waals surface area (Å²) in [6.45, 7) is 2.81. The van der Waals surface area contributed by atoms with Gasteiger partial charge in [-0.25, -0.2) is 4.79 Å². The molecule has 1 N–H and O–H groups in total. The first-order chi connectivity index (χ1) is 14.5. The third-order valence-electron chi connectivity index (χ3n) is 5.23. The van der Waals surface area contributed by atoms with Crippen LogP contribution in [0.1, 0.15) is 70.4 Å². The summed E-state index contributed by atoms with van der Waals surface area (Å²) in [4.78, 5) is 38.5. The molecular formula is C23H27NO5S. The molecule has 1 amide bonds. The second kappa shape index (κ2) is 10.5. The number of carboxylic acid groups (broad SMARTS) is 1. The van der Waals surface area contributed by atoms with Gasteiger partial charge in [-0.3, -0.25) is 9.59 Å². The van der Waals surface area contributed by atoms with Gasteiger partial charge in [0.2, 0.25) is 5.91 Å². The zero-order chi connectivity index (χ0) is 21.5. The normalized spacial score (nSPS) is 16.2. The molecule has 1 saturated heterocycles. The average molecular weight is 430 g/mol. The van der Waals surface area contributed by atoms with E-state index in [0.717, 1.165) is 29.8 Å². The molecule has 0 radical (unpaired) electrons. The van der Waals surface area contributed by atoms with E-state index in [-0.39, 0.29) is 22.6 Å². The summed E-state index contributed by atoms with van der Waals surface area (Å²) >= 11 is 1.20. The average Bonchev–Trinajstić information content (AvgIpc) is 3.35. The quantitative estimate of drug-likeness (QED) is 0.405. The minimum atomic E-state index is -0.939. The number of carbonyl (C=O) groups is 3. The standard InChI is InChI=1S/C23H27NO5S/c1-2-3-4-5-20(25)16-6-8-17(9-7-16)24-18(10-13-22(24)26)14-29-15-19-11-12-21(30-19)23(27)28/h6-9,11-12,18H,2-5,10,13-15H2,1H3,(H,27,28)/t18-/m0/s1. The van der Waals surface area contributed by atoms with Crippen LogP contribution in [0.4, 0.5) is 5.69 Å². The van der Waals surface area contributed by atoms with Crippen LogP contribution in [-0.4, -0.2) is 35.4 Å². The van der Waals surface area contributed by atoms with E-state index < -0.39 is 5.97 Å². The van der Waals surface area contributed by atoms with Crippen molar-refractivity contribution in [2.75, 3.05) is 11.5 Å². The molecule has 1 fully saturated rings. The Morgan fingerprint density at radius 2 is 1.93 bits per heavy atom. The lowest BCUT2D eigenvalue weighted by molar-refractivity contribution is -0.117. The molecule has 2 heterocycles. The lowest BCUT2D eigenvalue weighted by Gasteiger charge is -2.25. The van der Waals surface area contributed by atoms with E-state index in [1.165, 1.54) is 11.3 Å². The first kappa shape index (κ1) is 22.2. The number of carbonyl (C=O) groups excluding carboxylic acids is 2. The second-order valence-electron chi connectivity index (χ2n) is 7.47. The molecule has 2 aromatic rings.